The van der Waals surface area contributed by atoms with Gasteiger partial charge in [-0.2, -0.15) is 4.31 Å². The Morgan fingerprint density at radius 1 is 1.03 bits per heavy atom. The lowest BCUT2D eigenvalue weighted by Gasteiger charge is -2.18. The van der Waals surface area contributed by atoms with Gasteiger partial charge in [0, 0.05) is 32.1 Å². The number of aromatic nitrogens is 1. The molecule has 31 heavy (non-hydrogen) atoms. The van der Waals surface area contributed by atoms with E-state index in [2.05, 4.69) is 16.9 Å². The van der Waals surface area contributed by atoms with Crippen LogP contribution in [0.25, 0.3) is 11.3 Å². The number of ether oxygens (including phenoxy) is 1. The van der Waals surface area contributed by atoms with Gasteiger partial charge in [0.25, 0.3) is 0 Å². The molecule has 0 N–H and O–H groups in total. The van der Waals surface area contributed by atoms with Crippen LogP contribution in [-0.4, -0.2) is 44.1 Å². The van der Waals surface area contributed by atoms with Crippen molar-refractivity contribution in [2.45, 2.75) is 32.2 Å². The molecule has 0 unspecified atom stereocenters. The monoisotopic (exact) mass is 459 g/mol. The summed E-state index contributed by atoms with van der Waals surface area (Å²) in [5.74, 6) is 0. The number of rotatable bonds is 9. The Balaban J connectivity index is 2.01. The van der Waals surface area contributed by atoms with E-state index in [-0.39, 0.29) is 0 Å². The van der Waals surface area contributed by atoms with Crippen molar-refractivity contribution in [2.24, 2.45) is 4.99 Å². The Hall–Kier alpha value is -2.26. The molecule has 0 aliphatic rings. The normalized spacial score (nSPS) is 12.6. The first-order valence-electron chi connectivity index (χ1n) is 10.3. The Morgan fingerprint density at radius 3 is 2.26 bits per heavy atom. The Kier molecular flexibility index (Phi) is 7.83. The van der Waals surface area contributed by atoms with Gasteiger partial charge in [-0.1, -0.05) is 43.7 Å². The molecule has 0 atom stereocenters. The standard InChI is InChI=1S/C23H29N3O3S2/c1-5-25(6-2)31(27,28)21-13-9-19(10-14-21)22-17-30-23(26(22)15-16-29-4)24-20-11-7-18(3)8-12-20/h7-14,17H,5-6,15-16H2,1-4H3. The van der Waals surface area contributed by atoms with E-state index in [1.54, 1.807) is 30.6 Å². The van der Waals surface area contributed by atoms with Gasteiger partial charge in [0.1, 0.15) is 0 Å². The van der Waals surface area contributed by atoms with Crippen LogP contribution < -0.4 is 4.80 Å². The van der Waals surface area contributed by atoms with Gasteiger partial charge in [0.2, 0.25) is 10.0 Å². The van der Waals surface area contributed by atoms with E-state index in [1.165, 1.54) is 9.87 Å². The molecule has 0 aliphatic carbocycles. The van der Waals surface area contributed by atoms with Crippen molar-refractivity contribution in [3.63, 3.8) is 0 Å². The lowest BCUT2D eigenvalue weighted by atomic mass is 10.2. The van der Waals surface area contributed by atoms with E-state index in [4.69, 9.17) is 9.73 Å². The first-order chi connectivity index (χ1) is 14.9. The van der Waals surface area contributed by atoms with Gasteiger partial charge in [0.15, 0.2) is 4.80 Å². The van der Waals surface area contributed by atoms with Crippen LogP contribution >= 0.6 is 11.3 Å². The summed E-state index contributed by atoms with van der Waals surface area (Å²) >= 11 is 1.56. The molecule has 1 aromatic heterocycles. The van der Waals surface area contributed by atoms with E-state index in [9.17, 15) is 8.42 Å². The largest absolute Gasteiger partial charge is 0.383 e. The number of thiazole rings is 1. The van der Waals surface area contributed by atoms with Crippen molar-refractivity contribution >= 4 is 27.0 Å². The summed E-state index contributed by atoms with van der Waals surface area (Å²) in [6, 6.07) is 15.2. The topological polar surface area (TPSA) is 63.9 Å². The molecule has 6 nitrogen and oxygen atoms in total. The highest BCUT2D eigenvalue weighted by Crippen LogP contribution is 2.24. The molecule has 166 valence electrons. The predicted octanol–water partition coefficient (Wildman–Crippen LogP) is 4.43. The highest BCUT2D eigenvalue weighted by Gasteiger charge is 2.21. The van der Waals surface area contributed by atoms with Crippen molar-refractivity contribution in [3.05, 3.63) is 64.3 Å². The molecule has 0 amide bonds. The van der Waals surface area contributed by atoms with Gasteiger partial charge in [-0.15, -0.1) is 11.3 Å². The quantitative estimate of drug-likeness (QED) is 0.475. The van der Waals surface area contributed by atoms with Gasteiger partial charge in [-0.05, 0) is 36.8 Å². The zero-order chi connectivity index (χ0) is 22.4. The molecule has 0 fully saturated rings. The fourth-order valence-electron chi connectivity index (χ4n) is 3.29. The van der Waals surface area contributed by atoms with Crippen molar-refractivity contribution < 1.29 is 13.2 Å². The first kappa shape index (κ1) is 23.4. The number of hydrogen-bond donors (Lipinski definition) is 0. The molecule has 8 heteroatoms. The van der Waals surface area contributed by atoms with Crippen LogP contribution in [0.2, 0.25) is 0 Å². The smallest absolute Gasteiger partial charge is 0.243 e. The zero-order valence-corrected chi connectivity index (χ0v) is 20.0. The average molecular weight is 460 g/mol. The second-order valence-electron chi connectivity index (χ2n) is 7.11. The fraction of sp³-hybridized carbons (Fsp3) is 0.348. The molecule has 2 aromatic carbocycles. The molecule has 0 spiro atoms. The maximum atomic E-state index is 12.8. The van der Waals surface area contributed by atoms with Gasteiger partial charge in [0.05, 0.1) is 22.9 Å². The van der Waals surface area contributed by atoms with Crippen LogP contribution in [0.1, 0.15) is 19.4 Å². The predicted molar refractivity (Wildman–Crippen MR) is 126 cm³/mol. The third-order valence-corrected chi connectivity index (χ3v) is 8.00. The molecule has 1 heterocycles. The highest BCUT2D eigenvalue weighted by atomic mass is 32.2. The van der Waals surface area contributed by atoms with Crippen LogP contribution in [0, 0.1) is 6.92 Å². The lowest BCUT2D eigenvalue weighted by Crippen LogP contribution is -2.30. The summed E-state index contributed by atoms with van der Waals surface area (Å²) in [4.78, 5) is 5.99. The lowest BCUT2D eigenvalue weighted by molar-refractivity contribution is 0.187. The summed E-state index contributed by atoms with van der Waals surface area (Å²) in [6.45, 7) is 7.85. The van der Waals surface area contributed by atoms with Crippen LogP contribution in [-0.2, 0) is 21.3 Å². The number of benzene rings is 2. The average Bonchev–Trinajstić information content (AvgIpc) is 3.17. The number of aryl methyl sites for hydroxylation is 1. The summed E-state index contributed by atoms with van der Waals surface area (Å²) in [7, 11) is -1.80. The highest BCUT2D eigenvalue weighted by molar-refractivity contribution is 7.89. The Bertz CT molecular complexity index is 1160. The molecular weight excluding hydrogens is 430 g/mol. The van der Waals surface area contributed by atoms with Crippen molar-refractivity contribution in [1.82, 2.24) is 8.87 Å². The summed E-state index contributed by atoms with van der Waals surface area (Å²) in [5, 5.41) is 2.05. The number of sulfonamides is 1. The summed E-state index contributed by atoms with van der Waals surface area (Å²) < 4.78 is 34.4. The van der Waals surface area contributed by atoms with E-state index < -0.39 is 10.0 Å². The number of hydrogen-bond acceptors (Lipinski definition) is 5. The van der Waals surface area contributed by atoms with Gasteiger partial charge in [-0.3, -0.25) is 0 Å². The van der Waals surface area contributed by atoms with Crippen LogP contribution in [0.5, 0.6) is 0 Å². The minimum atomic E-state index is -3.47. The third kappa shape index (κ3) is 5.33. The Labute approximate surface area is 188 Å². The SMILES string of the molecule is CCN(CC)S(=O)(=O)c1ccc(-c2csc(=Nc3ccc(C)cc3)n2CCOC)cc1. The van der Waals surface area contributed by atoms with Crippen molar-refractivity contribution in [1.29, 1.82) is 0 Å². The number of methoxy groups -OCH3 is 1. The van der Waals surface area contributed by atoms with Gasteiger partial charge < -0.3 is 9.30 Å². The number of nitrogens with zero attached hydrogens (tertiary/aromatic N) is 3. The molecule has 0 bridgehead atoms. The Morgan fingerprint density at radius 2 is 1.68 bits per heavy atom. The maximum absolute atomic E-state index is 12.8. The second kappa shape index (κ2) is 10.4. The zero-order valence-electron chi connectivity index (χ0n) is 18.4. The third-order valence-electron chi connectivity index (χ3n) is 5.07. The fourth-order valence-corrected chi connectivity index (χ4v) is 5.70. The van der Waals surface area contributed by atoms with E-state index in [0.29, 0.717) is 31.1 Å². The van der Waals surface area contributed by atoms with Crippen LogP contribution in [0.3, 0.4) is 0 Å². The van der Waals surface area contributed by atoms with Crippen LogP contribution in [0.4, 0.5) is 5.69 Å². The molecule has 3 rings (SSSR count). The molecule has 0 saturated heterocycles. The summed E-state index contributed by atoms with van der Waals surface area (Å²) in [5.41, 5.74) is 4.01. The molecule has 3 aromatic rings. The van der Waals surface area contributed by atoms with Gasteiger partial charge >= 0.3 is 0 Å². The summed E-state index contributed by atoms with van der Waals surface area (Å²) in [6.07, 6.45) is 0. The van der Waals surface area contributed by atoms with E-state index in [1.807, 2.05) is 50.2 Å². The second-order valence-corrected chi connectivity index (χ2v) is 9.88. The van der Waals surface area contributed by atoms with Crippen molar-refractivity contribution in [2.75, 3.05) is 26.8 Å². The van der Waals surface area contributed by atoms with E-state index >= 15 is 0 Å². The minimum Gasteiger partial charge on any atom is -0.383 e. The minimum absolute atomic E-state index is 0.309. The molecule has 0 aliphatic heterocycles. The molecular formula is C23H29N3O3S2. The maximum Gasteiger partial charge on any atom is 0.243 e. The van der Waals surface area contributed by atoms with E-state index in [0.717, 1.165) is 21.7 Å². The molecule has 0 radical (unpaired) electrons. The van der Waals surface area contributed by atoms with Crippen LogP contribution in [0.15, 0.2) is 63.8 Å². The van der Waals surface area contributed by atoms with Gasteiger partial charge in [-0.25, -0.2) is 13.4 Å². The first-order valence-corrected chi connectivity index (χ1v) is 12.6. The van der Waals surface area contributed by atoms with Crippen molar-refractivity contribution in [3.8, 4) is 11.3 Å². The molecule has 0 saturated carbocycles.